The van der Waals surface area contributed by atoms with E-state index in [4.69, 9.17) is 4.74 Å². The summed E-state index contributed by atoms with van der Waals surface area (Å²) in [5.41, 5.74) is 0.821. The molecule has 0 unspecified atom stereocenters. The van der Waals surface area contributed by atoms with E-state index in [0.29, 0.717) is 0 Å². The van der Waals surface area contributed by atoms with Crippen LogP contribution in [0.25, 0.3) is 0 Å². The average Bonchev–Trinajstić information content (AvgIpc) is 1.90. The van der Waals surface area contributed by atoms with Crippen LogP contribution in [0.5, 0.6) is 0 Å². The van der Waals surface area contributed by atoms with Gasteiger partial charge in [-0.3, -0.25) is 4.79 Å². The molecule has 2 heteroatoms. The summed E-state index contributed by atoms with van der Waals surface area (Å²) in [5, 5.41) is 0. The second kappa shape index (κ2) is 2.67. The smallest absolute Gasteiger partial charge is 0.158 e. The maximum atomic E-state index is 10.7. The average molecular weight is 126 g/mol. The summed E-state index contributed by atoms with van der Waals surface area (Å²) in [6, 6.07) is 0. The molecule has 0 fully saturated rings. The highest BCUT2D eigenvalue weighted by Crippen LogP contribution is 2.11. The molecule has 1 aliphatic rings. The molecule has 0 aliphatic carbocycles. The van der Waals surface area contributed by atoms with Crippen LogP contribution in [0.1, 0.15) is 19.8 Å². The molecule has 0 amide bonds. The van der Waals surface area contributed by atoms with E-state index in [1.165, 1.54) is 0 Å². The van der Waals surface area contributed by atoms with Gasteiger partial charge in [-0.2, -0.15) is 0 Å². The number of carbonyl (C=O) groups is 1. The Balaban J connectivity index is 2.57. The minimum atomic E-state index is 0.134. The van der Waals surface area contributed by atoms with E-state index < -0.39 is 0 Å². The third kappa shape index (κ3) is 1.56. The molecule has 2 nitrogen and oxygen atoms in total. The predicted octanol–water partition coefficient (Wildman–Crippen LogP) is 1.27. The Hall–Kier alpha value is -0.790. The van der Waals surface area contributed by atoms with E-state index in [-0.39, 0.29) is 5.78 Å². The maximum Gasteiger partial charge on any atom is 0.158 e. The Labute approximate surface area is 54.5 Å². The molecule has 1 rings (SSSR count). The minimum absolute atomic E-state index is 0.134. The van der Waals surface area contributed by atoms with Crippen LogP contribution >= 0.6 is 0 Å². The molecule has 0 saturated heterocycles. The van der Waals surface area contributed by atoms with Crippen LogP contribution < -0.4 is 0 Å². The fraction of sp³-hybridized carbons (Fsp3) is 0.571. The summed E-state index contributed by atoms with van der Waals surface area (Å²) in [6.07, 6.45) is 3.44. The third-order valence-corrected chi connectivity index (χ3v) is 1.39. The number of hydrogen-bond acceptors (Lipinski definition) is 2. The van der Waals surface area contributed by atoms with Crippen molar-refractivity contribution in [1.29, 1.82) is 0 Å². The topological polar surface area (TPSA) is 26.3 Å². The number of hydrogen-bond donors (Lipinski definition) is 0. The van der Waals surface area contributed by atoms with E-state index in [9.17, 15) is 4.79 Å². The second-order valence-corrected chi connectivity index (χ2v) is 2.17. The van der Waals surface area contributed by atoms with Crippen molar-refractivity contribution in [1.82, 2.24) is 0 Å². The van der Waals surface area contributed by atoms with E-state index in [1.54, 1.807) is 13.2 Å². The summed E-state index contributed by atoms with van der Waals surface area (Å²) in [4.78, 5) is 10.7. The van der Waals surface area contributed by atoms with Gasteiger partial charge in [-0.15, -0.1) is 0 Å². The fourth-order valence-corrected chi connectivity index (χ4v) is 0.823. The van der Waals surface area contributed by atoms with Crippen LogP contribution in [0.15, 0.2) is 11.8 Å². The number of ketones is 1. The largest absolute Gasteiger partial charge is 0.501 e. The SMILES string of the molecule is CC(=O)C1=COCCC1. The zero-order valence-electron chi connectivity index (χ0n) is 5.52. The van der Waals surface area contributed by atoms with Gasteiger partial charge in [0.05, 0.1) is 12.9 Å². The fourth-order valence-electron chi connectivity index (χ4n) is 0.823. The number of rotatable bonds is 1. The molecule has 1 heterocycles. The van der Waals surface area contributed by atoms with Gasteiger partial charge in [-0.1, -0.05) is 0 Å². The molecular formula is C7H10O2. The first-order valence-electron chi connectivity index (χ1n) is 3.12. The molecule has 0 aromatic heterocycles. The molecule has 0 atom stereocenters. The molecule has 1 aliphatic heterocycles. The van der Waals surface area contributed by atoms with E-state index in [1.807, 2.05) is 0 Å². The van der Waals surface area contributed by atoms with Crippen molar-refractivity contribution in [2.75, 3.05) is 6.61 Å². The van der Waals surface area contributed by atoms with Gasteiger partial charge in [-0.25, -0.2) is 0 Å². The molecule has 0 spiro atoms. The predicted molar refractivity (Wildman–Crippen MR) is 33.9 cm³/mol. The van der Waals surface area contributed by atoms with Crippen LogP contribution in [0, 0.1) is 0 Å². The van der Waals surface area contributed by atoms with E-state index in [2.05, 4.69) is 0 Å². The molecule has 0 aromatic rings. The molecule has 0 saturated carbocycles. The Kier molecular flexibility index (Phi) is 1.88. The van der Waals surface area contributed by atoms with Crippen molar-refractivity contribution >= 4 is 5.78 Å². The van der Waals surface area contributed by atoms with Crippen LogP contribution in [-0.2, 0) is 9.53 Å². The highest BCUT2D eigenvalue weighted by atomic mass is 16.5. The molecule has 0 N–H and O–H groups in total. The van der Waals surface area contributed by atoms with E-state index in [0.717, 1.165) is 25.0 Å². The van der Waals surface area contributed by atoms with Crippen LogP contribution in [0.3, 0.4) is 0 Å². The molecule has 0 aromatic carbocycles. The van der Waals surface area contributed by atoms with Gasteiger partial charge in [0.15, 0.2) is 5.78 Å². The highest BCUT2D eigenvalue weighted by molar-refractivity contribution is 5.92. The van der Waals surface area contributed by atoms with Crippen LogP contribution in [0.4, 0.5) is 0 Å². The van der Waals surface area contributed by atoms with Crippen molar-refractivity contribution in [3.8, 4) is 0 Å². The van der Waals surface area contributed by atoms with Crippen LogP contribution in [0.2, 0.25) is 0 Å². The molecule has 0 radical (unpaired) electrons. The quantitative estimate of drug-likeness (QED) is 0.529. The Morgan fingerprint density at radius 3 is 2.89 bits per heavy atom. The maximum absolute atomic E-state index is 10.7. The lowest BCUT2D eigenvalue weighted by Gasteiger charge is -2.09. The molecule has 50 valence electrons. The molecule has 9 heavy (non-hydrogen) atoms. The number of ether oxygens (including phenoxy) is 1. The zero-order chi connectivity index (χ0) is 6.69. The first kappa shape index (κ1) is 6.33. The summed E-state index contributed by atoms with van der Waals surface area (Å²) in [5.74, 6) is 0.134. The van der Waals surface area contributed by atoms with Gasteiger partial charge in [0.2, 0.25) is 0 Å². The van der Waals surface area contributed by atoms with E-state index >= 15 is 0 Å². The third-order valence-electron chi connectivity index (χ3n) is 1.39. The van der Waals surface area contributed by atoms with Crippen molar-refractivity contribution in [2.24, 2.45) is 0 Å². The zero-order valence-corrected chi connectivity index (χ0v) is 5.52. The lowest BCUT2D eigenvalue weighted by molar-refractivity contribution is -0.114. The van der Waals surface area contributed by atoms with Crippen LogP contribution in [-0.4, -0.2) is 12.4 Å². The normalized spacial score (nSPS) is 18.1. The van der Waals surface area contributed by atoms with Gasteiger partial charge >= 0.3 is 0 Å². The Morgan fingerprint density at radius 1 is 1.78 bits per heavy atom. The number of carbonyl (C=O) groups excluding carboxylic acids is 1. The summed E-state index contributed by atoms with van der Waals surface area (Å²) >= 11 is 0. The highest BCUT2D eigenvalue weighted by Gasteiger charge is 2.07. The summed E-state index contributed by atoms with van der Waals surface area (Å²) < 4.78 is 4.96. The standard InChI is InChI=1S/C7H10O2/c1-6(8)7-3-2-4-9-5-7/h5H,2-4H2,1H3. The summed E-state index contributed by atoms with van der Waals surface area (Å²) in [6.45, 7) is 2.33. The monoisotopic (exact) mass is 126 g/mol. The number of Topliss-reactive ketones (excluding diaryl/α,β-unsaturated/α-hetero) is 1. The van der Waals surface area contributed by atoms with Crippen molar-refractivity contribution in [2.45, 2.75) is 19.8 Å². The number of allylic oxidation sites excluding steroid dienone is 1. The summed E-state index contributed by atoms with van der Waals surface area (Å²) in [7, 11) is 0. The second-order valence-electron chi connectivity index (χ2n) is 2.17. The van der Waals surface area contributed by atoms with Gasteiger partial charge in [0.25, 0.3) is 0 Å². The van der Waals surface area contributed by atoms with Gasteiger partial charge in [0, 0.05) is 5.57 Å². The first-order valence-corrected chi connectivity index (χ1v) is 3.12. The van der Waals surface area contributed by atoms with Gasteiger partial charge in [0.1, 0.15) is 0 Å². The van der Waals surface area contributed by atoms with Gasteiger partial charge in [-0.05, 0) is 19.8 Å². The lowest BCUT2D eigenvalue weighted by atomic mass is 10.1. The van der Waals surface area contributed by atoms with Crippen molar-refractivity contribution in [3.05, 3.63) is 11.8 Å². The first-order chi connectivity index (χ1) is 4.30. The molecule has 0 bridgehead atoms. The Morgan fingerprint density at radius 2 is 2.56 bits per heavy atom. The molecular weight excluding hydrogens is 116 g/mol. The lowest BCUT2D eigenvalue weighted by Crippen LogP contribution is -2.04. The van der Waals surface area contributed by atoms with Crippen molar-refractivity contribution in [3.63, 3.8) is 0 Å². The Bertz CT molecular complexity index is 147. The minimum Gasteiger partial charge on any atom is -0.501 e. The van der Waals surface area contributed by atoms with Gasteiger partial charge < -0.3 is 4.74 Å². The van der Waals surface area contributed by atoms with Crippen molar-refractivity contribution < 1.29 is 9.53 Å².